The Hall–Kier alpha value is -6.86. The molecule has 0 saturated heterocycles. The third-order valence-corrected chi connectivity index (χ3v) is 20.8. The first kappa shape index (κ1) is 110. The molecular weight excluding hydrogens is 2110 g/mol. The number of fused-ring (bicyclic) bond motifs is 18. The Labute approximate surface area is 891 Å². The molecule has 17 aromatic rings. The number of nitrogens with one attached hydrogen (secondary N) is 1. The SMILES string of the molecule is Br.Brc1ccncc1Br.C.C.CC(=O)O.CC(C)c1cccc(C(C)C)c1B(O)O.COc1ccc2c3ccncc3n3c(-c4c(C(C)C)cccc4C(C)C)cnc3c2c1.COc1ccc2c3ccncc3n3c(Br)cnc3c2c1.COc1ccc2c3ccncc3n3ccnc3c2c1.Cc1cccc(-c2ncc[nH]2)c1.[2H]CF.[2H]OOC=O.[B]=NS.[CH2-]F.[Cs+].[Cs+]. The summed E-state index contributed by atoms with van der Waals surface area (Å²) in [5.41, 5.74) is 16.1. The number of pyridine rings is 7. The molecule has 17 rings (SSSR count). The number of alkyl halides is 1. The standard InChI is InChI=1S/C27H27N3O.C15H10BrN3O.C15H11N3O.C12H19BO2.C10H10N2.C5H3Br2N.C2H4O2.CH3F.CH2F.CH2O3.2CH4.BHNS.BrH.2Cs/c1-16(2)19-7-6-8-20(17(3)4)26(19)25-15-29-27-23-13-18(31-5)9-10-21(23)22-11-12-28-14-24(22)30(25)27;1-20-9-2-3-10-11-4-5-17-7-13(11)19-14(16)8-18-15(19)12(10)6-9;1-19-10-2-3-11-12-4-5-16-9-14(12)18-7-6-17-15(18)13(11)8-10;1-8(2)10-6-5-7-11(9(3)4)12(10)13(14)15;1-8-3-2-4-9(7-8)10-11-5-6-12-10;6-4-1-2-8-3-5(4)7;1-2(3)4;2*1-2;2-1-4-3;;;1-2-3;;;/h6-17H,1-5H3;2-8H,1H3;2-9H,1H3;5-9,14-15H,1-4H3;2-7H,1H3,(H,11,12);1-3H;1H3,(H,3,4);1H3;1H2;1,3H;2*1H4;3H;1H;;/q;;;;;;;;-1;;;;;;2*+1/i;;;;;;;1D;;;;;;;;/hD. The Bertz CT molecular complexity index is 6220. The predicted molar refractivity (Wildman–Crippen MR) is 515 cm³/mol. The number of carbonyl (C=O) groups excluding carboxylic acids is 1. The summed E-state index contributed by atoms with van der Waals surface area (Å²) in [5.74, 6) is 4.02. The van der Waals surface area contributed by atoms with Gasteiger partial charge in [0.15, 0.2) is 0 Å². The van der Waals surface area contributed by atoms with Crippen molar-refractivity contribution in [1.82, 2.24) is 58.1 Å². The largest absolute Gasteiger partial charge is 1.00 e. The second kappa shape index (κ2) is 57.9. The van der Waals surface area contributed by atoms with Crippen LogP contribution in [0.15, 0.2) is 244 Å². The van der Waals surface area contributed by atoms with Crippen molar-refractivity contribution < 1.29 is 197 Å². The van der Waals surface area contributed by atoms with Gasteiger partial charge >= 0.3 is 176 Å². The number of methoxy groups -OCH3 is 3. The fourth-order valence-corrected chi connectivity index (χ4v) is 14.3. The number of aliphatic carboxylic acids is 1. The van der Waals surface area contributed by atoms with Crippen LogP contribution in [0.3, 0.4) is 0 Å². The minimum atomic E-state index is -1.37. The number of imidazole rings is 4. The van der Waals surface area contributed by atoms with E-state index in [1.54, 1.807) is 59.5 Å². The average Bonchev–Trinajstić information content (AvgIpc) is 1.65. The number of carboxylic acids is 1. The molecule has 0 aliphatic carbocycles. The van der Waals surface area contributed by atoms with E-state index in [2.05, 4.69) is 259 Å². The Balaban J connectivity index is 0.000000510. The molecule has 0 atom stereocenters. The summed E-state index contributed by atoms with van der Waals surface area (Å²) in [6.07, 6.45) is 25.8. The molecule has 0 aliphatic heterocycles. The quantitative estimate of drug-likeness (QED) is 0.0126. The molecule has 0 unspecified atom stereocenters. The molecule has 0 saturated carbocycles. The number of benzene rings is 6. The second-order valence-electron chi connectivity index (χ2n) is 27.2. The first-order valence-electron chi connectivity index (χ1n) is 38.1. The summed E-state index contributed by atoms with van der Waals surface area (Å²) in [5, 5.41) is 39.5. The molecule has 0 aliphatic rings. The van der Waals surface area contributed by atoms with Crippen LogP contribution in [0.4, 0.5) is 8.78 Å². The van der Waals surface area contributed by atoms with Crippen molar-refractivity contribution in [3.63, 3.8) is 0 Å². The maximum absolute atomic E-state index is 9.96. The number of rotatable bonds is 12. The molecule has 1 radical (unpaired) electrons. The number of aryl methyl sites for hydroxylation is 1. The van der Waals surface area contributed by atoms with Crippen LogP contribution in [0.5, 0.6) is 17.2 Å². The molecule has 0 fully saturated rings. The van der Waals surface area contributed by atoms with E-state index < -0.39 is 20.2 Å². The summed E-state index contributed by atoms with van der Waals surface area (Å²) in [4.78, 5) is 59.2. The molecule has 0 spiro atoms. The summed E-state index contributed by atoms with van der Waals surface area (Å²) >= 11 is 13.3. The van der Waals surface area contributed by atoms with E-state index >= 15 is 0 Å². The molecular formula is C91H101B2Br4Cs2F2N13O10S+. The Morgan fingerprint density at radius 3 is 1.39 bits per heavy atom. The molecule has 23 nitrogen and oxygen atoms in total. The van der Waals surface area contributed by atoms with Gasteiger partial charge in [-0.2, -0.15) is 7.18 Å². The van der Waals surface area contributed by atoms with Crippen LogP contribution >= 0.6 is 77.6 Å². The summed E-state index contributed by atoms with van der Waals surface area (Å²) < 4.78 is 58.6. The van der Waals surface area contributed by atoms with Gasteiger partial charge in [0.2, 0.25) is 0 Å². The van der Waals surface area contributed by atoms with E-state index in [9.17, 15) is 18.8 Å². The summed E-state index contributed by atoms with van der Waals surface area (Å²) in [7, 11) is 8.76. The summed E-state index contributed by atoms with van der Waals surface area (Å²) in [6.45, 7) is 20.4. The molecule has 0 bridgehead atoms. The second-order valence-corrected chi connectivity index (χ2v) is 29.9. The van der Waals surface area contributed by atoms with E-state index in [1.807, 2.05) is 135 Å². The third-order valence-electron chi connectivity index (χ3n) is 18.4. The van der Waals surface area contributed by atoms with E-state index in [0.717, 1.165) is 148 Å². The molecule has 0 amide bonds. The van der Waals surface area contributed by atoms with Crippen LogP contribution in [-0.2, 0) is 14.5 Å². The van der Waals surface area contributed by atoms with Gasteiger partial charge in [0.05, 0.1) is 87.6 Å². The normalized spacial score (nSPS) is 10.2. The fraction of sp³-hybridized carbons (Fsp3) is 0.220. The third kappa shape index (κ3) is 29.8. The van der Waals surface area contributed by atoms with Gasteiger partial charge in [-0.1, -0.05) is 130 Å². The van der Waals surface area contributed by atoms with Crippen molar-refractivity contribution in [2.75, 3.05) is 28.5 Å². The zero-order chi connectivity index (χ0) is 89.3. The van der Waals surface area contributed by atoms with Crippen molar-refractivity contribution in [2.24, 2.45) is 4.30 Å². The number of ether oxygens (including phenoxy) is 3. The topological polar surface area (TPSA) is 296 Å². The van der Waals surface area contributed by atoms with Crippen molar-refractivity contribution in [3.8, 4) is 39.9 Å². The monoisotopic (exact) mass is 2210 g/mol. The number of carboxylic acid groups (broad SMARTS) is 1. The molecule has 645 valence electrons. The number of H-pyrrole nitrogens is 1. The van der Waals surface area contributed by atoms with Gasteiger partial charge in [-0.3, -0.25) is 47.1 Å². The number of carbonyl (C=O) groups is 2. The van der Waals surface area contributed by atoms with Crippen LogP contribution in [0.25, 0.3) is 106 Å². The van der Waals surface area contributed by atoms with Gasteiger partial charge in [0.25, 0.3) is 7.40 Å². The zero-order valence-electron chi connectivity index (χ0n) is 72.6. The zero-order valence-corrected chi connectivity index (χ0v) is 90.6. The van der Waals surface area contributed by atoms with Gasteiger partial charge in [0, 0.05) is 111 Å². The fourth-order valence-electron chi connectivity index (χ4n) is 13.3. The maximum atomic E-state index is 9.96. The Kier molecular flexibility index (Phi) is 51.2. The van der Waals surface area contributed by atoms with E-state index in [0.29, 0.717) is 29.1 Å². The van der Waals surface area contributed by atoms with Crippen molar-refractivity contribution >= 4 is 192 Å². The van der Waals surface area contributed by atoms with Crippen molar-refractivity contribution in [1.29, 1.82) is 1.43 Å². The van der Waals surface area contributed by atoms with E-state index in [-0.39, 0.29) is 176 Å². The first-order valence-corrected chi connectivity index (χ1v) is 39.8. The minimum absolute atomic E-state index is 0. The number of aromatic nitrogens is 12. The smallest absolute Gasteiger partial charge is 0.463 e. The van der Waals surface area contributed by atoms with Crippen LogP contribution in [-0.4, -0.2) is 134 Å². The van der Waals surface area contributed by atoms with Gasteiger partial charge in [-0.05, 0) is 207 Å². The van der Waals surface area contributed by atoms with Gasteiger partial charge in [-0.25, -0.2) is 25.2 Å². The predicted octanol–water partition coefficient (Wildman–Crippen LogP) is 17.5. The van der Waals surface area contributed by atoms with Crippen LogP contribution in [0.1, 0.15) is 130 Å². The molecule has 34 heteroatoms. The Morgan fingerprint density at radius 2 is 0.992 bits per heavy atom. The average molecular weight is 2220 g/mol. The van der Waals surface area contributed by atoms with Gasteiger partial charge < -0.3 is 43.6 Å². The van der Waals surface area contributed by atoms with Crippen molar-refractivity contribution in [2.45, 2.75) is 108 Å². The Morgan fingerprint density at radius 1 is 0.576 bits per heavy atom. The molecule has 6 aromatic carbocycles. The number of halogens is 6. The number of hydrogen-bond donors (Lipinski definition) is 6. The van der Waals surface area contributed by atoms with Crippen molar-refractivity contribution in [3.05, 3.63) is 275 Å². The van der Waals surface area contributed by atoms with Gasteiger partial charge in [0.1, 0.15) is 44.6 Å². The van der Waals surface area contributed by atoms with Crippen LogP contribution in [0, 0.1) is 14.1 Å². The van der Waals surface area contributed by atoms with Crippen LogP contribution < -0.4 is 157 Å². The number of aromatic amines is 1. The molecule has 125 heavy (non-hydrogen) atoms. The first-order chi connectivity index (χ1) is 58.8. The maximum Gasteiger partial charge on any atom is 1.00 e. The molecule has 11 aromatic heterocycles. The minimum Gasteiger partial charge on any atom is -0.463 e. The van der Waals surface area contributed by atoms with Crippen LogP contribution in [0.2, 0.25) is 0 Å². The number of nitrogens with zero attached hydrogens (tertiary/aromatic N) is 12. The van der Waals surface area contributed by atoms with E-state index in [4.69, 9.17) is 36.7 Å². The van der Waals surface area contributed by atoms with E-state index in [1.165, 1.54) is 22.3 Å². The number of thiol groups is 1. The number of hydrogen-bond acceptors (Lipinski definition) is 19. The van der Waals surface area contributed by atoms with Gasteiger partial charge in [-0.15, -0.1) is 17.0 Å². The molecule has 11 heterocycles. The summed E-state index contributed by atoms with van der Waals surface area (Å²) in [6, 6.07) is 47.2. The molecule has 5 N–H and O–H groups in total.